The highest BCUT2D eigenvalue weighted by Crippen LogP contribution is 2.25. The standard InChI is InChI=1S/C8H6N2O3S/c11-10(12)6-1-2-7-5(3-6)4-13-8(14)9-7/h1-3H,4H2,(H,9,14). The fraction of sp³-hybridized carbons (Fsp3) is 0.125. The summed E-state index contributed by atoms with van der Waals surface area (Å²) in [6, 6.07) is 4.53. The molecule has 1 aliphatic rings. The van der Waals surface area contributed by atoms with Crippen molar-refractivity contribution in [2.45, 2.75) is 6.61 Å². The average Bonchev–Trinajstić information content (AvgIpc) is 2.16. The van der Waals surface area contributed by atoms with Crippen molar-refractivity contribution in [2.24, 2.45) is 0 Å². The lowest BCUT2D eigenvalue weighted by Crippen LogP contribution is -2.19. The van der Waals surface area contributed by atoms with E-state index in [2.05, 4.69) is 5.32 Å². The minimum atomic E-state index is -0.437. The smallest absolute Gasteiger partial charge is 0.269 e. The van der Waals surface area contributed by atoms with Crippen LogP contribution in [-0.4, -0.2) is 10.1 Å². The topological polar surface area (TPSA) is 64.4 Å². The first kappa shape index (κ1) is 8.89. The van der Waals surface area contributed by atoms with Gasteiger partial charge in [0.1, 0.15) is 6.61 Å². The van der Waals surface area contributed by atoms with Gasteiger partial charge in [0.2, 0.25) is 0 Å². The molecular weight excluding hydrogens is 204 g/mol. The van der Waals surface area contributed by atoms with Gasteiger partial charge in [-0.15, -0.1) is 0 Å². The Morgan fingerprint density at radius 1 is 1.57 bits per heavy atom. The quantitative estimate of drug-likeness (QED) is 0.435. The summed E-state index contributed by atoms with van der Waals surface area (Å²) in [6.07, 6.45) is 0. The van der Waals surface area contributed by atoms with Crippen LogP contribution in [0.4, 0.5) is 11.4 Å². The van der Waals surface area contributed by atoms with E-state index in [1.165, 1.54) is 12.1 Å². The van der Waals surface area contributed by atoms with Gasteiger partial charge >= 0.3 is 0 Å². The number of ether oxygens (including phenoxy) is 1. The average molecular weight is 210 g/mol. The fourth-order valence-corrected chi connectivity index (χ4v) is 1.39. The summed E-state index contributed by atoms with van der Waals surface area (Å²) < 4.78 is 5.04. The van der Waals surface area contributed by atoms with Crippen LogP contribution in [-0.2, 0) is 11.3 Å². The first-order valence-electron chi connectivity index (χ1n) is 3.88. The lowest BCUT2D eigenvalue weighted by atomic mass is 10.1. The van der Waals surface area contributed by atoms with Gasteiger partial charge in [-0.2, -0.15) is 0 Å². The zero-order valence-electron chi connectivity index (χ0n) is 7.02. The van der Waals surface area contributed by atoms with E-state index in [0.29, 0.717) is 5.17 Å². The second-order valence-corrected chi connectivity index (χ2v) is 3.17. The number of hydrogen-bond acceptors (Lipinski definition) is 4. The van der Waals surface area contributed by atoms with E-state index in [1.54, 1.807) is 6.07 Å². The summed E-state index contributed by atoms with van der Waals surface area (Å²) in [4.78, 5) is 10.0. The summed E-state index contributed by atoms with van der Waals surface area (Å²) in [5, 5.41) is 13.6. The molecule has 0 fully saturated rings. The van der Waals surface area contributed by atoms with Gasteiger partial charge in [0.25, 0.3) is 10.9 Å². The number of anilines is 1. The molecule has 5 nitrogen and oxygen atoms in total. The molecule has 0 radical (unpaired) electrons. The van der Waals surface area contributed by atoms with E-state index in [4.69, 9.17) is 17.0 Å². The minimum Gasteiger partial charge on any atom is -0.466 e. The molecule has 1 heterocycles. The molecule has 0 saturated heterocycles. The lowest BCUT2D eigenvalue weighted by molar-refractivity contribution is -0.384. The molecule has 0 aliphatic carbocycles. The van der Waals surface area contributed by atoms with Gasteiger partial charge in [0.05, 0.1) is 4.92 Å². The minimum absolute atomic E-state index is 0.0574. The van der Waals surface area contributed by atoms with E-state index in [1.807, 2.05) is 0 Å². The Morgan fingerprint density at radius 3 is 3.07 bits per heavy atom. The number of benzene rings is 1. The van der Waals surface area contributed by atoms with Gasteiger partial charge in [0, 0.05) is 23.4 Å². The van der Waals surface area contributed by atoms with Crippen molar-refractivity contribution in [3.63, 3.8) is 0 Å². The Morgan fingerprint density at radius 2 is 2.36 bits per heavy atom. The zero-order valence-corrected chi connectivity index (χ0v) is 7.84. The van der Waals surface area contributed by atoms with Gasteiger partial charge in [-0.3, -0.25) is 10.1 Å². The second-order valence-electron chi connectivity index (χ2n) is 2.80. The van der Waals surface area contributed by atoms with E-state index in [-0.39, 0.29) is 12.3 Å². The molecule has 2 rings (SSSR count). The number of thiocarbonyl (C=S) groups is 1. The van der Waals surface area contributed by atoms with Gasteiger partial charge in [-0.05, 0) is 18.3 Å². The number of nitro groups is 1. The predicted octanol–water partition coefficient (Wildman–Crippen LogP) is 1.82. The van der Waals surface area contributed by atoms with Crippen molar-refractivity contribution in [1.29, 1.82) is 0 Å². The van der Waals surface area contributed by atoms with Crippen molar-refractivity contribution in [3.05, 3.63) is 33.9 Å². The number of nitrogens with one attached hydrogen (secondary N) is 1. The number of non-ortho nitro benzene ring substituents is 1. The molecule has 0 bridgehead atoms. The number of rotatable bonds is 1. The molecule has 72 valence electrons. The number of nitro benzene ring substituents is 1. The molecule has 0 aromatic heterocycles. The monoisotopic (exact) mass is 210 g/mol. The molecule has 0 spiro atoms. The van der Waals surface area contributed by atoms with Crippen LogP contribution < -0.4 is 5.32 Å². The molecule has 1 N–H and O–H groups in total. The molecule has 0 amide bonds. The predicted molar refractivity (Wildman–Crippen MR) is 54.1 cm³/mol. The van der Waals surface area contributed by atoms with E-state index in [0.717, 1.165) is 11.3 Å². The molecular formula is C8H6N2O3S. The third-order valence-corrected chi connectivity index (χ3v) is 2.12. The first-order valence-corrected chi connectivity index (χ1v) is 4.29. The van der Waals surface area contributed by atoms with Gasteiger partial charge in [-0.1, -0.05) is 0 Å². The van der Waals surface area contributed by atoms with Crippen LogP contribution in [0.15, 0.2) is 18.2 Å². The maximum atomic E-state index is 10.5. The summed E-state index contributed by atoms with van der Waals surface area (Å²) >= 11 is 4.80. The SMILES string of the molecule is O=[N+]([O-])c1ccc2c(c1)COC(=S)N2. The maximum absolute atomic E-state index is 10.5. The van der Waals surface area contributed by atoms with Gasteiger partial charge < -0.3 is 10.1 Å². The highest BCUT2D eigenvalue weighted by atomic mass is 32.1. The number of hydrogen-bond donors (Lipinski definition) is 1. The van der Waals surface area contributed by atoms with Crippen LogP contribution in [0, 0.1) is 10.1 Å². The second kappa shape index (κ2) is 3.22. The maximum Gasteiger partial charge on any atom is 0.269 e. The number of nitrogens with zero attached hydrogens (tertiary/aromatic N) is 1. The van der Waals surface area contributed by atoms with Crippen molar-refractivity contribution < 1.29 is 9.66 Å². The molecule has 6 heteroatoms. The van der Waals surface area contributed by atoms with E-state index >= 15 is 0 Å². The molecule has 0 saturated carbocycles. The number of fused-ring (bicyclic) bond motifs is 1. The largest absolute Gasteiger partial charge is 0.466 e. The summed E-state index contributed by atoms with van der Waals surface area (Å²) in [6.45, 7) is 0.281. The van der Waals surface area contributed by atoms with Crippen LogP contribution in [0.5, 0.6) is 0 Å². The first-order chi connectivity index (χ1) is 6.66. The van der Waals surface area contributed by atoms with Crippen LogP contribution in [0.3, 0.4) is 0 Å². The molecule has 0 atom stereocenters. The van der Waals surface area contributed by atoms with E-state index in [9.17, 15) is 10.1 Å². The zero-order chi connectivity index (χ0) is 10.1. The fourth-order valence-electron chi connectivity index (χ4n) is 1.22. The Labute approximate surface area is 84.8 Å². The molecule has 1 aromatic rings. The third-order valence-electron chi connectivity index (χ3n) is 1.90. The Balaban J connectivity index is 2.41. The normalized spacial score (nSPS) is 13.9. The highest BCUT2D eigenvalue weighted by Gasteiger charge is 2.16. The molecule has 14 heavy (non-hydrogen) atoms. The Bertz CT molecular complexity index is 419. The van der Waals surface area contributed by atoms with Crippen LogP contribution in [0.1, 0.15) is 5.56 Å². The van der Waals surface area contributed by atoms with E-state index < -0.39 is 4.92 Å². The summed E-state index contributed by atoms with van der Waals surface area (Å²) in [7, 11) is 0. The van der Waals surface area contributed by atoms with Crippen molar-refractivity contribution in [2.75, 3.05) is 5.32 Å². The Hall–Kier alpha value is -1.69. The lowest BCUT2D eigenvalue weighted by Gasteiger charge is -2.18. The van der Waals surface area contributed by atoms with Crippen LogP contribution in [0.25, 0.3) is 0 Å². The third kappa shape index (κ3) is 1.51. The molecule has 1 aromatic carbocycles. The van der Waals surface area contributed by atoms with Crippen LogP contribution >= 0.6 is 12.2 Å². The highest BCUT2D eigenvalue weighted by molar-refractivity contribution is 7.80. The molecule has 1 aliphatic heterocycles. The Kier molecular flexibility index (Phi) is 2.05. The molecule has 0 unspecified atom stereocenters. The van der Waals surface area contributed by atoms with Gasteiger partial charge in [0.15, 0.2) is 0 Å². The van der Waals surface area contributed by atoms with Crippen LogP contribution in [0.2, 0.25) is 0 Å². The summed E-state index contributed by atoms with van der Waals surface area (Å²) in [5.74, 6) is 0. The van der Waals surface area contributed by atoms with Crippen molar-refractivity contribution in [3.8, 4) is 0 Å². The van der Waals surface area contributed by atoms with Crippen molar-refractivity contribution in [1.82, 2.24) is 0 Å². The van der Waals surface area contributed by atoms with Gasteiger partial charge in [-0.25, -0.2) is 0 Å². The van der Waals surface area contributed by atoms with Crippen molar-refractivity contribution >= 4 is 28.8 Å². The summed E-state index contributed by atoms with van der Waals surface area (Å²) in [5.41, 5.74) is 1.57.